The molecule has 4 nitrogen and oxygen atoms in total. The van der Waals surface area contributed by atoms with Crippen LogP contribution in [0.25, 0.3) is 0 Å². The van der Waals surface area contributed by atoms with E-state index in [4.69, 9.17) is 0 Å². The Balaban J connectivity index is 2.60. The SMILES string of the molecule is C[C@H](C(=O)N1CCc2ccccc2[C@@]1(C)C(F)(F)F)S(C)(=O)=O. The number of benzene rings is 1. The summed E-state index contributed by atoms with van der Waals surface area (Å²) in [6, 6.07) is 6.07. The van der Waals surface area contributed by atoms with Gasteiger partial charge in [-0.25, -0.2) is 8.42 Å². The Morgan fingerprint density at radius 3 is 2.39 bits per heavy atom. The Bertz CT molecular complexity index is 730. The third kappa shape index (κ3) is 2.84. The number of amides is 1. The van der Waals surface area contributed by atoms with Gasteiger partial charge < -0.3 is 4.90 Å². The normalized spacial score (nSPS) is 23.3. The van der Waals surface area contributed by atoms with Crippen LogP contribution in [0.2, 0.25) is 0 Å². The molecule has 1 aliphatic rings. The van der Waals surface area contributed by atoms with Gasteiger partial charge in [0.2, 0.25) is 5.91 Å². The molecule has 8 heteroatoms. The fourth-order valence-electron chi connectivity index (χ4n) is 2.85. The monoisotopic (exact) mass is 349 g/mol. The number of hydrogen-bond donors (Lipinski definition) is 0. The molecule has 23 heavy (non-hydrogen) atoms. The molecule has 0 N–H and O–H groups in total. The summed E-state index contributed by atoms with van der Waals surface area (Å²) in [5.74, 6) is -1.03. The number of alkyl halides is 3. The first kappa shape index (κ1) is 17.8. The lowest BCUT2D eigenvalue weighted by Crippen LogP contribution is -2.61. The largest absolute Gasteiger partial charge is 0.415 e. The smallest absolute Gasteiger partial charge is 0.323 e. The van der Waals surface area contributed by atoms with Crippen molar-refractivity contribution in [2.45, 2.75) is 37.2 Å². The van der Waals surface area contributed by atoms with Gasteiger partial charge in [0.25, 0.3) is 0 Å². The van der Waals surface area contributed by atoms with Crippen LogP contribution in [0.5, 0.6) is 0 Å². The maximum atomic E-state index is 13.8. The second-order valence-corrected chi connectivity index (χ2v) is 8.30. The molecule has 1 aromatic rings. The Hall–Kier alpha value is -1.57. The molecule has 0 fully saturated rings. The molecule has 0 bridgehead atoms. The van der Waals surface area contributed by atoms with E-state index in [1.165, 1.54) is 12.1 Å². The topological polar surface area (TPSA) is 54.5 Å². The lowest BCUT2D eigenvalue weighted by molar-refractivity contribution is -0.233. The minimum absolute atomic E-state index is 0.00667. The molecule has 1 heterocycles. The van der Waals surface area contributed by atoms with Gasteiger partial charge in [0.15, 0.2) is 15.4 Å². The van der Waals surface area contributed by atoms with Crippen LogP contribution in [0.4, 0.5) is 13.2 Å². The molecule has 0 saturated carbocycles. The van der Waals surface area contributed by atoms with E-state index in [9.17, 15) is 26.4 Å². The van der Waals surface area contributed by atoms with Gasteiger partial charge in [-0.1, -0.05) is 24.3 Å². The summed E-state index contributed by atoms with van der Waals surface area (Å²) in [7, 11) is -3.78. The van der Waals surface area contributed by atoms with Crippen molar-refractivity contribution in [2.24, 2.45) is 0 Å². The van der Waals surface area contributed by atoms with Gasteiger partial charge in [0.1, 0.15) is 5.25 Å². The fraction of sp³-hybridized carbons (Fsp3) is 0.533. The molecule has 0 spiro atoms. The summed E-state index contributed by atoms with van der Waals surface area (Å²) >= 11 is 0. The van der Waals surface area contributed by atoms with Crippen LogP contribution in [0, 0.1) is 0 Å². The molecule has 0 saturated heterocycles. The maximum absolute atomic E-state index is 13.8. The second kappa shape index (κ2) is 5.51. The van der Waals surface area contributed by atoms with Crippen LogP contribution >= 0.6 is 0 Å². The van der Waals surface area contributed by atoms with E-state index in [0.717, 1.165) is 20.1 Å². The lowest BCUT2D eigenvalue weighted by Gasteiger charge is -2.47. The minimum atomic E-state index is -4.73. The third-order valence-electron chi connectivity index (χ3n) is 4.49. The van der Waals surface area contributed by atoms with Crippen LogP contribution in [0.15, 0.2) is 24.3 Å². The number of rotatable bonds is 2. The van der Waals surface area contributed by atoms with E-state index in [1.807, 2.05) is 0 Å². The first-order valence-corrected chi connectivity index (χ1v) is 9.01. The van der Waals surface area contributed by atoms with Crippen molar-refractivity contribution < 1.29 is 26.4 Å². The summed E-state index contributed by atoms with van der Waals surface area (Å²) in [6.07, 6.45) is -3.63. The molecule has 0 radical (unpaired) electrons. The number of sulfone groups is 1. The number of fused-ring (bicyclic) bond motifs is 1. The summed E-state index contributed by atoms with van der Waals surface area (Å²) in [6.45, 7) is 1.87. The van der Waals surface area contributed by atoms with Crippen LogP contribution in [0.3, 0.4) is 0 Å². The zero-order valence-electron chi connectivity index (χ0n) is 13.0. The zero-order valence-corrected chi connectivity index (χ0v) is 13.8. The van der Waals surface area contributed by atoms with Gasteiger partial charge in [-0.15, -0.1) is 0 Å². The van der Waals surface area contributed by atoms with Crippen LogP contribution in [-0.4, -0.2) is 43.5 Å². The Kier molecular flexibility index (Phi) is 4.26. The van der Waals surface area contributed by atoms with Gasteiger partial charge in [-0.2, -0.15) is 13.2 Å². The van der Waals surface area contributed by atoms with Crippen LogP contribution < -0.4 is 0 Å². The van der Waals surface area contributed by atoms with E-state index in [2.05, 4.69) is 0 Å². The van der Waals surface area contributed by atoms with Crippen molar-refractivity contribution in [2.75, 3.05) is 12.8 Å². The highest BCUT2D eigenvalue weighted by Gasteiger charge is 2.60. The predicted molar refractivity (Wildman–Crippen MR) is 79.6 cm³/mol. The molecular formula is C15H18F3NO3S. The van der Waals surface area contributed by atoms with Gasteiger partial charge >= 0.3 is 6.18 Å². The molecular weight excluding hydrogens is 331 g/mol. The van der Waals surface area contributed by atoms with Crippen LogP contribution in [-0.2, 0) is 26.6 Å². The zero-order chi connectivity index (χ0) is 17.6. The summed E-state index contributed by atoms with van der Waals surface area (Å²) in [5.41, 5.74) is -2.03. The number of carbonyl (C=O) groups is 1. The summed E-state index contributed by atoms with van der Waals surface area (Å²) in [4.78, 5) is 13.1. The Labute approximate surface area is 133 Å². The van der Waals surface area contributed by atoms with Crippen molar-refractivity contribution in [3.05, 3.63) is 35.4 Å². The highest BCUT2D eigenvalue weighted by molar-refractivity contribution is 7.92. The molecule has 2 atom stereocenters. The maximum Gasteiger partial charge on any atom is 0.415 e. The molecule has 0 aromatic heterocycles. The molecule has 0 aliphatic carbocycles. The lowest BCUT2D eigenvalue weighted by atomic mass is 9.81. The van der Waals surface area contributed by atoms with E-state index < -0.39 is 32.7 Å². The van der Waals surface area contributed by atoms with Gasteiger partial charge in [-0.3, -0.25) is 4.79 Å². The number of halogens is 3. The van der Waals surface area contributed by atoms with Crippen molar-refractivity contribution in [3.63, 3.8) is 0 Å². The molecule has 1 amide bonds. The molecule has 2 rings (SSSR count). The quantitative estimate of drug-likeness (QED) is 0.823. The Morgan fingerprint density at radius 1 is 1.30 bits per heavy atom. The van der Waals surface area contributed by atoms with E-state index >= 15 is 0 Å². The van der Waals surface area contributed by atoms with Crippen molar-refractivity contribution in [3.8, 4) is 0 Å². The van der Waals surface area contributed by atoms with E-state index in [1.54, 1.807) is 12.1 Å². The first-order valence-electron chi connectivity index (χ1n) is 7.06. The van der Waals surface area contributed by atoms with Gasteiger partial charge in [0.05, 0.1) is 0 Å². The van der Waals surface area contributed by atoms with Crippen molar-refractivity contribution in [1.29, 1.82) is 0 Å². The third-order valence-corrected chi connectivity index (χ3v) is 5.98. The number of carbonyl (C=O) groups excluding carboxylic acids is 1. The predicted octanol–water partition coefficient (Wildman–Crippen LogP) is 2.28. The fourth-order valence-corrected chi connectivity index (χ4v) is 3.35. The first-order chi connectivity index (χ1) is 10.4. The van der Waals surface area contributed by atoms with E-state index in [-0.39, 0.29) is 18.5 Å². The van der Waals surface area contributed by atoms with Crippen LogP contribution in [0.1, 0.15) is 25.0 Å². The highest BCUT2D eigenvalue weighted by Crippen LogP contribution is 2.47. The van der Waals surface area contributed by atoms with Gasteiger partial charge in [0, 0.05) is 12.8 Å². The van der Waals surface area contributed by atoms with Crippen molar-refractivity contribution in [1.82, 2.24) is 4.90 Å². The highest BCUT2D eigenvalue weighted by atomic mass is 32.2. The number of hydrogen-bond acceptors (Lipinski definition) is 3. The summed E-state index contributed by atoms with van der Waals surface area (Å²) in [5, 5.41) is -1.52. The average Bonchev–Trinajstić information content (AvgIpc) is 2.44. The molecule has 128 valence electrons. The standard InChI is InChI=1S/C15H18F3NO3S/c1-10(23(3,21)22)13(20)19-9-8-11-6-4-5-7-12(11)14(19,2)15(16,17)18/h4-7,10H,8-9H2,1-3H3/t10-,14+/m1/s1. The minimum Gasteiger partial charge on any atom is -0.323 e. The van der Waals surface area contributed by atoms with Crippen molar-refractivity contribution >= 4 is 15.7 Å². The Morgan fingerprint density at radius 2 is 1.87 bits per heavy atom. The molecule has 1 aliphatic heterocycles. The van der Waals surface area contributed by atoms with E-state index in [0.29, 0.717) is 10.5 Å². The molecule has 1 aromatic carbocycles. The van der Waals surface area contributed by atoms with Gasteiger partial charge in [-0.05, 0) is 31.4 Å². The second-order valence-electron chi connectivity index (χ2n) is 5.94. The molecule has 0 unspecified atom stereocenters. The summed E-state index contributed by atoms with van der Waals surface area (Å²) < 4.78 is 64.7. The number of nitrogens with zero attached hydrogens (tertiary/aromatic N) is 1. The average molecular weight is 349 g/mol.